The highest BCUT2D eigenvalue weighted by atomic mass is 35.5. The lowest BCUT2D eigenvalue weighted by molar-refractivity contribution is -0.125. The van der Waals surface area contributed by atoms with Gasteiger partial charge in [0.1, 0.15) is 12.4 Å². The van der Waals surface area contributed by atoms with Crippen LogP contribution < -0.4 is 15.5 Å². The number of hydrogen-bond donors (Lipinski definition) is 3. The molecule has 1 saturated heterocycles. The lowest BCUT2D eigenvalue weighted by Gasteiger charge is -2.28. The lowest BCUT2D eigenvalue weighted by Crippen LogP contribution is -2.42. The first-order chi connectivity index (χ1) is 13.8. The van der Waals surface area contributed by atoms with Gasteiger partial charge in [0.05, 0.1) is 27.6 Å². The molecule has 2 amide bonds. The molecule has 0 spiro atoms. The zero-order chi connectivity index (χ0) is 21.0. The van der Waals surface area contributed by atoms with E-state index in [1.54, 1.807) is 25.1 Å². The van der Waals surface area contributed by atoms with Gasteiger partial charge in [-0.3, -0.25) is 9.59 Å². The zero-order valence-corrected chi connectivity index (χ0v) is 17.3. The van der Waals surface area contributed by atoms with Gasteiger partial charge in [0.2, 0.25) is 0 Å². The summed E-state index contributed by atoms with van der Waals surface area (Å²) in [6.45, 7) is 2.59. The maximum Gasteiger partial charge on any atom is 0.261 e. The van der Waals surface area contributed by atoms with Crippen LogP contribution in [0.15, 0.2) is 24.3 Å². The largest absolute Gasteiger partial charge is 0.389 e. The number of aliphatic hydroxyl groups is 1. The molecule has 0 saturated carbocycles. The number of aryl methyl sites for hydroxylation is 1. The third kappa shape index (κ3) is 5.45. The van der Waals surface area contributed by atoms with E-state index in [1.807, 2.05) is 0 Å². The van der Waals surface area contributed by atoms with Crippen LogP contribution in [0.4, 0.5) is 15.8 Å². The van der Waals surface area contributed by atoms with Gasteiger partial charge in [-0.2, -0.15) is 0 Å². The van der Waals surface area contributed by atoms with Crippen molar-refractivity contribution in [3.63, 3.8) is 0 Å². The topological polar surface area (TPSA) is 90.9 Å². The molecular weight excluding hydrogens is 421 g/mol. The highest BCUT2D eigenvalue weighted by molar-refractivity contribution is 7.17. The van der Waals surface area contributed by atoms with E-state index in [2.05, 4.69) is 10.6 Å². The zero-order valence-electron chi connectivity index (χ0n) is 15.7. The number of anilines is 2. The third-order valence-electron chi connectivity index (χ3n) is 4.39. The molecule has 0 radical (unpaired) electrons. The number of halogens is 2. The summed E-state index contributed by atoms with van der Waals surface area (Å²) in [5.41, 5.74) is 1.44. The number of nitrogens with one attached hydrogen (secondary N) is 2. The number of thiophene rings is 1. The molecule has 0 bridgehead atoms. The molecular formula is C19H21ClFN3O4S. The molecule has 1 aliphatic heterocycles. The summed E-state index contributed by atoms with van der Waals surface area (Å²) in [6, 6.07) is 6.12. The van der Waals surface area contributed by atoms with Crippen molar-refractivity contribution in [2.45, 2.75) is 13.0 Å². The number of ether oxygens (including phenoxy) is 1. The van der Waals surface area contributed by atoms with Gasteiger partial charge in [-0.15, -0.1) is 11.3 Å². The first-order valence-corrected chi connectivity index (χ1v) is 10.2. The lowest BCUT2D eigenvalue weighted by atomic mass is 10.1. The van der Waals surface area contributed by atoms with Crippen LogP contribution in [0.1, 0.15) is 15.2 Å². The first kappa shape index (κ1) is 21.5. The Kier molecular flexibility index (Phi) is 7.07. The normalized spacial score (nSPS) is 15.3. The SMILES string of the molecule is Cc1cc(NCC(O)CNC(=O)c2ccc(Cl)s2)c(F)cc1N1CCOCC1=O. The average Bonchev–Trinajstić information content (AvgIpc) is 3.13. The number of nitrogens with zero attached hydrogens (tertiary/aromatic N) is 1. The predicted octanol–water partition coefficient (Wildman–Crippen LogP) is 2.42. The molecule has 1 fully saturated rings. The van der Waals surface area contributed by atoms with Gasteiger partial charge in [-0.25, -0.2) is 4.39 Å². The minimum atomic E-state index is -0.922. The smallest absolute Gasteiger partial charge is 0.261 e. The Labute approximate surface area is 176 Å². The van der Waals surface area contributed by atoms with E-state index in [9.17, 15) is 19.1 Å². The van der Waals surface area contributed by atoms with Crippen LogP contribution in [0.3, 0.4) is 0 Å². The molecule has 2 aromatic rings. The quantitative estimate of drug-likeness (QED) is 0.614. The van der Waals surface area contributed by atoms with Gasteiger partial charge >= 0.3 is 0 Å². The van der Waals surface area contributed by atoms with Crippen molar-refractivity contribution in [1.82, 2.24) is 5.32 Å². The van der Waals surface area contributed by atoms with Crippen LogP contribution in [0.25, 0.3) is 0 Å². The number of amides is 2. The summed E-state index contributed by atoms with van der Waals surface area (Å²) in [7, 11) is 0. The van der Waals surface area contributed by atoms with Gasteiger partial charge < -0.3 is 25.4 Å². The van der Waals surface area contributed by atoms with Gasteiger partial charge in [0.25, 0.3) is 11.8 Å². The number of carbonyl (C=O) groups is 2. The first-order valence-electron chi connectivity index (χ1n) is 8.99. The summed E-state index contributed by atoms with van der Waals surface area (Å²) < 4.78 is 20.1. The second-order valence-corrected chi connectivity index (χ2v) is 8.28. The van der Waals surface area contributed by atoms with Gasteiger partial charge in [-0.05, 0) is 30.7 Å². The Morgan fingerprint density at radius 3 is 2.90 bits per heavy atom. The molecule has 3 N–H and O–H groups in total. The van der Waals surface area contributed by atoms with E-state index in [0.717, 1.165) is 16.9 Å². The van der Waals surface area contributed by atoms with Crippen molar-refractivity contribution in [3.8, 4) is 0 Å². The summed E-state index contributed by atoms with van der Waals surface area (Å²) in [5, 5.41) is 15.5. The molecule has 156 valence electrons. The summed E-state index contributed by atoms with van der Waals surface area (Å²) >= 11 is 6.94. The number of morpholine rings is 1. The standard InChI is InChI=1S/C19H21ClFN3O4S/c1-11-6-14(13(21)7-15(11)24-4-5-28-10-18(24)26)22-8-12(25)9-23-19(27)16-2-3-17(20)29-16/h2-3,6-7,12,22,25H,4-5,8-10H2,1H3,(H,23,27). The van der Waals surface area contributed by atoms with E-state index in [4.69, 9.17) is 16.3 Å². The van der Waals surface area contributed by atoms with Gasteiger partial charge in [0, 0.05) is 31.4 Å². The Morgan fingerprint density at radius 1 is 1.41 bits per heavy atom. The van der Waals surface area contributed by atoms with Crippen molar-refractivity contribution < 1.29 is 23.8 Å². The van der Waals surface area contributed by atoms with Crippen molar-refractivity contribution in [2.24, 2.45) is 0 Å². The maximum absolute atomic E-state index is 14.5. The van der Waals surface area contributed by atoms with Crippen molar-refractivity contribution >= 4 is 46.1 Å². The fraction of sp³-hybridized carbons (Fsp3) is 0.368. The van der Waals surface area contributed by atoms with Gasteiger partial charge in [-0.1, -0.05) is 11.6 Å². The van der Waals surface area contributed by atoms with Crippen LogP contribution in [0.5, 0.6) is 0 Å². The molecule has 29 heavy (non-hydrogen) atoms. The van der Waals surface area contributed by atoms with E-state index < -0.39 is 11.9 Å². The number of aliphatic hydroxyl groups excluding tert-OH is 1. The molecule has 10 heteroatoms. The number of rotatable bonds is 7. The number of carbonyl (C=O) groups excluding carboxylic acids is 2. The minimum Gasteiger partial charge on any atom is -0.389 e. The van der Waals surface area contributed by atoms with E-state index >= 15 is 0 Å². The molecule has 1 aliphatic rings. The Bertz CT molecular complexity index is 908. The second kappa shape index (κ2) is 9.53. The van der Waals surface area contributed by atoms with Crippen LogP contribution in [0, 0.1) is 12.7 Å². The summed E-state index contributed by atoms with van der Waals surface area (Å²) in [4.78, 5) is 25.9. The van der Waals surface area contributed by atoms with E-state index in [1.165, 1.54) is 11.0 Å². The maximum atomic E-state index is 14.5. The fourth-order valence-electron chi connectivity index (χ4n) is 2.90. The Hall–Kier alpha value is -2.20. The minimum absolute atomic E-state index is 0.00230. The van der Waals surface area contributed by atoms with E-state index in [0.29, 0.717) is 28.1 Å². The molecule has 1 atom stereocenters. The average molecular weight is 442 g/mol. The molecule has 7 nitrogen and oxygen atoms in total. The van der Waals surface area contributed by atoms with Crippen molar-refractivity contribution in [2.75, 3.05) is 43.1 Å². The van der Waals surface area contributed by atoms with Crippen LogP contribution in [-0.4, -0.2) is 55.9 Å². The fourth-order valence-corrected chi connectivity index (χ4v) is 3.86. The number of hydrogen-bond acceptors (Lipinski definition) is 6. The highest BCUT2D eigenvalue weighted by Gasteiger charge is 2.23. The molecule has 0 aliphatic carbocycles. The third-order valence-corrected chi connectivity index (χ3v) is 5.62. The highest BCUT2D eigenvalue weighted by Crippen LogP contribution is 2.28. The predicted molar refractivity (Wildman–Crippen MR) is 110 cm³/mol. The summed E-state index contributed by atoms with van der Waals surface area (Å²) in [5.74, 6) is -1.07. The van der Waals surface area contributed by atoms with E-state index in [-0.39, 0.29) is 37.2 Å². The van der Waals surface area contributed by atoms with Crippen molar-refractivity contribution in [1.29, 1.82) is 0 Å². The Balaban J connectivity index is 1.55. The van der Waals surface area contributed by atoms with Gasteiger partial charge in [0.15, 0.2) is 0 Å². The van der Waals surface area contributed by atoms with Crippen LogP contribution >= 0.6 is 22.9 Å². The second-order valence-electron chi connectivity index (χ2n) is 6.57. The number of benzene rings is 1. The van der Waals surface area contributed by atoms with Crippen LogP contribution in [-0.2, 0) is 9.53 Å². The molecule has 1 aromatic heterocycles. The Morgan fingerprint density at radius 2 is 2.21 bits per heavy atom. The monoisotopic (exact) mass is 441 g/mol. The molecule has 1 aromatic carbocycles. The molecule has 3 rings (SSSR count). The molecule has 1 unspecified atom stereocenters. The van der Waals surface area contributed by atoms with Crippen molar-refractivity contribution in [3.05, 3.63) is 44.9 Å². The molecule has 2 heterocycles. The summed E-state index contributed by atoms with van der Waals surface area (Å²) in [6.07, 6.45) is -0.922. The van der Waals surface area contributed by atoms with Crippen LogP contribution in [0.2, 0.25) is 4.34 Å².